The van der Waals surface area contributed by atoms with Crippen molar-refractivity contribution in [3.05, 3.63) is 0 Å². The van der Waals surface area contributed by atoms with Gasteiger partial charge in [0.25, 0.3) is 0 Å². The maximum absolute atomic E-state index is 11.9. The van der Waals surface area contributed by atoms with Crippen molar-refractivity contribution < 1.29 is 19.1 Å². The lowest BCUT2D eigenvalue weighted by Crippen LogP contribution is -2.48. The van der Waals surface area contributed by atoms with Crippen LogP contribution in [0.3, 0.4) is 0 Å². The number of hydrogen-bond donors (Lipinski definition) is 1. The molecule has 0 saturated heterocycles. The van der Waals surface area contributed by atoms with Crippen LogP contribution in [0.25, 0.3) is 0 Å². The van der Waals surface area contributed by atoms with Crippen molar-refractivity contribution in [3.63, 3.8) is 0 Å². The number of carbonyl (C=O) groups excluding carboxylic acids is 2. The number of nitrogens with one attached hydrogen (secondary N) is 1. The minimum Gasteiger partial charge on any atom is -0.469 e. The van der Waals surface area contributed by atoms with Crippen LogP contribution >= 0.6 is 0 Å². The Kier molecular flexibility index (Phi) is 3.74. The molecule has 1 amide bonds. The standard InChI is InChI=1S/C14H23NO4/c1-14(2,3)19-13(17)15-11-9-6-5-8(7-9)10(11)12(16)18-4/h8-11H,5-7H2,1-4H3,(H,15,17)/t8-,9+,10+,11-/m1/s1. The van der Waals surface area contributed by atoms with Crippen LogP contribution in [0.5, 0.6) is 0 Å². The second-order valence-electron chi connectivity index (χ2n) is 6.55. The number of rotatable bonds is 2. The Hall–Kier alpha value is -1.26. The molecule has 0 radical (unpaired) electrons. The second kappa shape index (κ2) is 5.02. The summed E-state index contributed by atoms with van der Waals surface area (Å²) in [6.07, 6.45) is 2.68. The molecule has 0 unspecified atom stereocenters. The van der Waals surface area contributed by atoms with E-state index in [0.717, 1.165) is 19.3 Å². The highest BCUT2D eigenvalue weighted by Gasteiger charge is 2.52. The Morgan fingerprint density at radius 3 is 2.37 bits per heavy atom. The number of amides is 1. The van der Waals surface area contributed by atoms with E-state index in [2.05, 4.69) is 5.32 Å². The van der Waals surface area contributed by atoms with Gasteiger partial charge in [-0.1, -0.05) is 0 Å². The molecule has 0 aromatic rings. The van der Waals surface area contributed by atoms with Crippen molar-refractivity contribution in [2.75, 3.05) is 7.11 Å². The molecular formula is C14H23NO4. The third-order valence-electron chi connectivity index (χ3n) is 4.07. The van der Waals surface area contributed by atoms with Crippen molar-refractivity contribution in [1.29, 1.82) is 0 Å². The first-order valence-corrected chi connectivity index (χ1v) is 6.89. The van der Waals surface area contributed by atoms with E-state index in [1.165, 1.54) is 7.11 Å². The van der Waals surface area contributed by atoms with E-state index in [1.54, 1.807) is 0 Å². The van der Waals surface area contributed by atoms with Gasteiger partial charge in [-0.05, 0) is 51.9 Å². The molecule has 2 rings (SSSR count). The Bertz CT molecular complexity index is 374. The highest BCUT2D eigenvalue weighted by molar-refractivity contribution is 5.76. The molecule has 1 N–H and O–H groups in total. The van der Waals surface area contributed by atoms with Gasteiger partial charge in [0.1, 0.15) is 5.60 Å². The van der Waals surface area contributed by atoms with E-state index in [9.17, 15) is 9.59 Å². The molecule has 19 heavy (non-hydrogen) atoms. The van der Waals surface area contributed by atoms with Crippen molar-refractivity contribution in [2.45, 2.75) is 51.7 Å². The Balaban J connectivity index is 2.02. The topological polar surface area (TPSA) is 64.6 Å². The number of esters is 1. The summed E-state index contributed by atoms with van der Waals surface area (Å²) < 4.78 is 10.1. The predicted octanol–water partition coefficient (Wildman–Crippen LogP) is 2.10. The van der Waals surface area contributed by atoms with E-state index >= 15 is 0 Å². The number of fused-ring (bicyclic) bond motifs is 2. The molecule has 2 saturated carbocycles. The molecule has 0 heterocycles. The number of ether oxygens (including phenoxy) is 2. The molecule has 5 heteroatoms. The van der Waals surface area contributed by atoms with E-state index in [1.807, 2.05) is 20.8 Å². The summed E-state index contributed by atoms with van der Waals surface area (Å²) in [4.78, 5) is 23.7. The van der Waals surface area contributed by atoms with Crippen LogP contribution in [0.2, 0.25) is 0 Å². The molecule has 2 aliphatic carbocycles. The highest BCUT2D eigenvalue weighted by Crippen LogP contribution is 2.48. The highest BCUT2D eigenvalue weighted by atomic mass is 16.6. The predicted molar refractivity (Wildman–Crippen MR) is 69.5 cm³/mol. The maximum atomic E-state index is 11.9. The third-order valence-corrected chi connectivity index (χ3v) is 4.07. The van der Waals surface area contributed by atoms with Gasteiger partial charge < -0.3 is 14.8 Å². The lowest BCUT2D eigenvalue weighted by atomic mass is 9.84. The smallest absolute Gasteiger partial charge is 0.407 e. The molecule has 2 fully saturated rings. The normalized spacial score (nSPS) is 33.1. The summed E-state index contributed by atoms with van der Waals surface area (Å²) in [6.45, 7) is 5.47. The van der Waals surface area contributed by atoms with Gasteiger partial charge in [-0.15, -0.1) is 0 Å². The average Bonchev–Trinajstić information content (AvgIpc) is 2.85. The summed E-state index contributed by atoms with van der Waals surface area (Å²) >= 11 is 0. The van der Waals surface area contributed by atoms with Gasteiger partial charge in [0, 0.05) is 6.04 Å². The molecule has 2 bridgehead atoms. The van der Waals surface area contributed by atoms with Crippen LogP contribution in [0.1, 0.15) is 40.0 Å². The van der Waals surface area contributed by atoms with Gasteiger partial charge in [-0.3, -0.25) is 4.79 Å². The summed E-state index contributed by atoms with van der Waals surface area (Å²) in [7, 11) is 1.40. The molecule has 0 aliphatic heterocycles. The zero-order valence-electron chi connectivity index (χ0n) is 12.1. The van der Waals surface area contributed by atoms with Gasteiger partial charge in [-0.2, -0.15) is 0 Å². The Morgan fingerprint density at radius 1 is 1.16 bits per heavy atom. The molecule has 4 atom stereocenters. The molecule has 108 valence electrons. The third kappa shape index (κ3) is 3.01. The number of hydrogen-bond acceptors (Lipinski definition) is 4. The number of methoxy groups -OCH3 is 1. The van der Waals surface area contributed by atoms with Crippen molar-refractivity contribution in [2.24, 2.45) is 17.8 Å². The maximum Gasteiger partial charge on any atom is 0.407 e. The quantitative estimate of drug-likeness (QED) is 0.780. The van der Waals surface area contributed by atoms with Crippen LogP contribution in [-0.2, 0) is 14.3 Å². The van der Waals surface area contributed by atoms with Crippen LogP contribution in [-0.4, -0.2) is 30.8 Å². The van der Waals surface area contributed by atoms with Gasteiger partial charge in [0.05, 0.1) is 13.0 Å². The largest absolute Gasteiger partial charge is 0.469 e. The van der Waals surface area contributed by atoms with Crippen LogP contribution in [0.4, 0.5) is 4.79 Å². The lowest BCUT2D eigenvalue weighted by molar-refractivity contribution is -0.148. The molecule has 2 aliphatic rings. The molecule has 0 aromatic heterocycles. The van der Waals surface area contributed by atoms with Crippen molar-refractivity contribution >= 4 is 12.1 Å². The number of alkyl carbamates (subject to hydrolysis) is 1. The van der Waals surface area contributed by atoms with Gasteiger partial charge in [0.15, 0.2) is 0 Å². The molecule has 5 nitrogen and oxygen atoms in total. The lowest BCUT2D eigenvalue weighted by Gasteiger charge is -2.30. The fourth-order valence-corrected chi connectivity index (χ4v) is 3.42. The van der Waals surface area contributed by atoms with Crippen LogP contribution < -0.4 is 5.32 Å². The molecule has 0 aromatic carbocycles. The van der Waals surface area contributed by atoms with Gasteiger partial charge in [0.2, 0.25) is 0 Å². The Morgan fingerprint density at radius 2 is 1.79 bits per heavy atom. The van der Waals surface area contributed by atoms with Crippen LogP contribution in [0, 0.1) is 17.8 Å². The first-order chi connectivity index (χ1) is 8.81. The zero-order valence-corrected chi connectivity index (χ0v) is 12.1. The SMILES string of the molecule is COC(=O)[C@H]1[C@@H]2CC[C@@H](C2)[C@H]1NC(=O)OC(C)(C)C. The summed E-state index contributed by atoms with van der Waals surface area (Å²) in [5, 5.41) is 2.87. The first-order valence-electron chi connectivity index (χ1n) is 6.89. The second-order valence-corrected chi connectivity index (χ2v) is 6.55. The number of carbonyl (C=O) groups is 2. The first kappa shape index (κ1) is 14.2. The minimum atomic E-state index is -0.525. The summed E-state index contributed by atoms with van der Waals surface area (Å²) in [5.41, 5.74) is -0.525. The van der Waals surface area contributed by atoms with Gasteiger partial charge in [-0.25, -0.2) is 4.79 Å². The van der Waals surface area contributed by atoms with Crippen molar-refractivity contribution in [3.8, 4) is 0 Å². The Labute approximate surface area is 114 Å². The molecular weight excluding hydrogens is 246 g/mol. The van der Waals surface area contributed by atoms with E-state index in [0.29, 0.717) is 11.8 Å². The molecule has 0 spiro atoms. The van der Waals surface area contributed by atoms with Gasteiger partial charge >= 0.3 is 12.1 Å². The van der Waals surface area contributed by atoms with E-state index < -0.39 is 11.7 Å². The van der Waals surface area contributed by atoms with E-state index in [-0.39, 0.29) is 17.9 Å². The fraction of sp³-hybridized carbons (Fsp3) is 0.857. The summed E-state index contributed by atoms with van der Waals surface area (Å²) in [5.74, 6) is 0.295. The fourth-order valence-electron chi connectivity index (χ4n) is 3.42. The zero-order chi connectivity index (χ0) is 14.2. The van der Waals surface area contributed by atoms with Crippen molar-refractivity contribution in [1.82, 2.24) is 5.32 Å². The van der Waals surface area contributed by atoms with E-state index in [4.69, 9.17) is 9.47 Å². The summed E-state index contributed by atoms with van der Waals surface area (Å²) in [6, 6.07) is -0.138. The van der Waals surface area contributed by atoms with Crippen LogP contribution in [0.15, 0.2) is 0 Å². The average molecular weight is 269 g/mol. The minimum absolute atomic E-state index is 0.138. The monoisotopic (exact) mass is 269 g/mol.